The number of nitrogens with zero attached hydrogens (tertiary/aromatic N) is 2. The monoisotopic (exact) mass is 269 g/mol. The Hall–Kier alpha value is -0.980. The van der Waals surface area contributed by atoms with Crippen molar-refractivity contribution in [2.45, 2.75) is 51.3 Å². The van der Waals surface area contributed by atoms with Crippen LogP contribution in [0.2, 0.25) is 0 Å². The molecule has 1 aliphatic carbocycles. The third-order valence-electron chi connectivity index (χ3n) is 3.69. The van der Waals surface area contributed by atoms with Gasteiger partial charge in [-0.2, -0.15) is 4.98 Å². The second kappa shape index (κ2) is 7.57. The van der Waals surface area contributed by atoms with Crippen molar-refractivity contribution >= 4 is 0 Å². The van der Waals surface area contributed by atoms with Gasteiger partial charge in [0.05, 0.1) is 6.54 Å². The molecular formula is C13H23N3O3. The molecule has 0 spiro atoms. The van der Waals surface area contributed by atoms with E-state index >= 15 is 0 Å². The third-order valence-corrected chi connectivity index (χ3v) is 3.69. The molecule has 1 aromatic rings. The van der Waals surface area contributed by atoms with Crippen molar-refractivity contribution in [1.29, 1.82) is 0 Å². The van der Waals surface area contributed by atoms with Crippen molar-refractivity contribution in [3.05, 3.63) is 11.7 Å². The van der Waals surface area contributed by atoms with Crippen LogP contribution >= 0.6 is 0 Å². The zero-order chi connectivity index (χ0) is 13.5. The van der Waals surface area contributed by atoms with Crippen molar-refractivity contribution < 1.29 is 14.4 Å². The molecule has 6 nitrogen and oxygen atoms in total. The normalized spacial score (nSPS) is 24.3. The molecule has 0 aliphatic heterocycles. The first-order chi connectivity index (χ1) is 9.33. The van der Waals surface area contributed by atoms with E-state index in [4.69, 9.17) is 9.26 Å². The molecule has 1 fully saturated rings. The molecule has 2 rings (SSSR count). The summed E-state index contributed by atoms with van der Waals surface area (Å²) in [6.45, 7) is 1.17. The summed E-state index contributed by atoms with van der Waals surface area (Å²) < 4.78 is 10.1. The maximum atomic E-state index is 9.45. The van der Waals surface area contributed by atoms with Crippen LogP contribution in [-0.2, 0) is 17.9 Å². The lowest BCUT2D eigenvalue weighted by atomic mass is 9.96. The highest BCUT2D eigenvalue weighted by atomic mass is 16.5. The Kier molecular flexibility index (Phi) is 5.75. The number of hydrogen-bond acceptors (Lipinski definition) is 6. The lowest BCUT2D eigenvalue weighted by Gasteiger charge is -2.23. The van der Waals surface area contributed by atoms with Gasteiger partial charge in [-0.05, 0) is 18.8 Å². The molecule has 0 bridgehead atoms. The number of aliphatic hydroxyl groups is 1. The molecule has 0 saturated heterocycles. The lowest BCUT2D eigenvalue weighted by molar-refractivity contribution is 0.174. The fourth-order valence-electron chi connectivity index (χ4n) is 2.64. The molecule has 108 valence electrons. The maximum absolute atomic E-state index is 9.45. The van der Waals surface area contributed by atoms with Crippen molar-refractivity contribution in [2.75, 3.05) is 13.7 Å². The minimum Gasteiger partial charge on any atom is -0.396 e. The standard InChI is InChI=1S/C13H23N3O3/c1-18-9-12-15-13(19-16-12)7-14-11-6-4-2-3-5-10(11)8-17/h10-11,14,17H,2-9H2,1H3/t10-,11-/m1/s1. The highest BCUT2D eigenvalue weighted by Crippen LogP contribution is 2.23. The van der Waals surface area contributed by atoms with E-state index in [9.17, 15) is 5.11 Å². The Bertz CT molecular complexity index is 370. The van der Waals surface area contributed by atoms with Crippen LogP contribution in [0.3, 0.4) is 0 Å². The van der Waals surface area contributed by atoms with Gasteiger partial charge in [0.1, 0.15) is 6.61 Å². The van der Waals surface area contributed by atoms with E-state index in [1.165, 1.54) is 19.3 Å². The van der Waals surface area contributed by atoms with Crippen LogP contribution in [0.1, 0.15) is 43.8 Å². The van der Waals surface area contributed by atoms with Crippen LogP contribution in [-0.4, -0.2) is 35.0 Å². The maximum Gasteiger partial charge on any atom is 0.240 e. The molecule has 1 saturated carbocycles. The van der Waals surface area contributed by atoms with Crippen LogP contribution < -0.4 is 5.32 Å². The first kappa shape index (κ1) is 14.4. The van der Waals surface area contributed by atoms with Gasteiger partial charge in [-0.3, -0.25) is 0 Å². The van der Waals surface area contributed by atoms with E-state index in [1.807, 2.05) is 0 Å². The Morgan fingerprint density at radius 2 is 2.21 bits per heavy atom. The number of aliphatic hydroxyl groups excluding tert-OH is 1. The number of ether oxygens (including phenoxy) is 1. The highest BCUT2D eigenvalue weighted by Gasteiger charge is 2.23. The molecule has 1 aliphatic rings. The fourth-order valence-corrected chi connectivity index (χ4v) is 2.64. The number of methoxy groups -OCH3 is 1. The zero-order valence-corrected chi connectivity index (χ0v) is 11.5. The predicted octanol–water partition coefficient (Wildman–Crippen LogP) is 1.25. The summed E-state index contributed by atoms with van der Waals surface area (Å²) in [6, 6.07) is 0.338. The zero-order valence-electron chi connectivity index (χ0n) is 11.5. The molecule has 1 heterocycles. The Balaban J connectivity index is 1.84. The molecule has 6 heteroatoms. The Morgan fingerprint density at radius 3 is 3.00 bits per heavy atom. The van der Waals surface area contributed by atoms with E-state index in [1.54, 1.807) is 7.11 Å². The van der Waals surface area contributed by atoms with E-state index in [2.05, 4.69) is 15.5 Å². The topological polar surface area (TPSA) is 80.4 Å². The van der Waals surface area contributed by atoms with Gasteiger partial charge in [0.15, 0.2) is 5.82 Å². The van der Waals surface area contributed by atoms with Gasteiger partial charge in [0.2, 0.25) is 5.89 Å². The molecule has 2 atom stereocenters. The van der Waals surface area contributed by atoms with Gasteiger partial charge in [0.25, 0.3) is 0 Å². The largest absolute Gasteiger partial charge is 0.396 e. The average Bonchev–Trinajstić information content (AvgIpc) is 2.74. The average molecular weight is 269 g/mol. The van der Waals surface area contributed by atoms with Gasteiger partial charge >= 0.3 is 0 Å². The van der Waals surface area contributed by atoms with Gasteiger partial charge in [0, 0.05) is 19.8 Å². The molecular weight excluding hydrogens is 246 g/mol. The van der Waals surface area contributed by atoms with Crippen LogP contribution in [0.15, 0.2) is 4.52 Å². The van der Waals surface area contributed by atoms with Crippen molar-refractivity contribution in [2.24, 2.45) is 5.92 Å². The summed E-state index contributed by atoms with van der Waals surface area (Å²) >= 11 is 0. The predicted molar refractivity (Wildman–Crippen MR) is 69.3 cm³/mol. The summed E-state index contributed by atoms with van der Waals surface area (Å²) in [5, 5.41) is 16.7. The third kappa shape index (κ3) is 4.26. The molecule has 2 N–H and O–H groups in total. The van der Waals surface area contributed by atoms with Gasteiger partial charge in [-0.1, -0.05) is 24.4 Å². The quantitative estimate of drug-likeness (QED) is 0.756. The van der Waals surface area contributed by atoms with Crippen molar-refractivity contribution in [3.8, 4) is 0 Å². The van der Waals surface area contributed by atoms with Crippen molar-refractivity contribution in [3.63, 3.8) is 0 Å². The molecule has 1 aromatic heterocycles. The van der Waals surface area contributed by atoms with Gasteiger partial charge < -0.3 is 19.7 Å². The molecule has 0 amide bonds. The summed E-state index contributed by atoms with van der Waals surface area (Å²) in [6.07, 6.45) is 5.87. The van der Waals surface area contributed by atoms with Crippen molar-refractivity contribution in [1.82, 2.24) is 15.5 Å². The minimum absolute atomic E-state index is 0.246. The van der Waals surface area contributed by atoms with E-state index in [0.717, 1.165) is 12.8 Å². The number of hydrogen-bond donors (Lipinski definition) is 2. The van der Waals surface area contributed by atoms with Crippen LogP contribution in [0.5, 0.6) is 0 Å². The SMILES string of the molecule is COCc1noc(CN[C@@H]2CCCCC[C@@H]2CO)n1. The summed E-state index contributed by atoms with van der Waals surface area (Å²) in [5.74, 6) is 1.48. The van der Waals surface area contributed by atoms with E-state index in [-0.39, 0.29) is 6.61 Å². The number of rotatable bonds is 6. The molecule has 0 aromatic carbocycles. The lowest BCUT2D eigenvalue weighted by Crippen LogP contribution is -2.37. The van der Waals surface area contributed by atoms with Gasteiger partial charge in [-0.25, -0.2) is 0 Å². The van der Waals surface area contributed by atoms with Crippen LogP contribution in [0.25, 0.3) is 0 Å². The highest BCUT2D eigenvalue weighted by molar-refractivity contribution is 4.86. The van der Waals surface area contributed by atoms with Gasteiger partial charge in [-0.15, -0.1) is 0 Å². The van der Waals surface area contributed by atoms with E-state index < -0.39 is 0 Å². The van der Waals surface area contributed by atoms with Crippen LogP contribution in [0.4, 0.5) is 0 Å². The number of nitrogens with one attached hydrogen (secondary N) is 1. The first-order valence-electron chi connectivity index (χ1n) is 6.98. The van der Waals surface area contributed by atoms with E-state index in [0.29, 0.717) is 36.8 Å². The summed E-state index contributed by atoms with van der Waals surface area (Å²) in [7, 11) is 1.60. The minimum atomic E-state index is 0.246. The smallest absolute Gasteiger partial charge is 0.240 e. The number of aromatic nitrogens is 2. The second-order valence-electron chi connectivity index (χ2n) is 5.11. The Labute approximate surface area is 113 Å². The fraction of sp³-hybridized carbons (Fsp3) is 0.846. The summed E-state index contributed by atoms with van der Waals surface area (Å²) in [4.78, 5) is 4.23. The molecule has 19 heavy (non-hydrogen) atoms. The summed E-state index contributed by atoms with van der Waals surface area (Å²) in [5.41, 5.74) is 0. The first-order valence-corrected chi connectivity index (χ1v) is 6.98. The molecule has 0 radical (unpaired) electrons. The van der Waals surface area contributed by atoms with Crippen LogP contribution in [0, 0.1) is 5.92 Å². The molecule has 0 unspecified atom stereocenters. The Morgan fingerprint density at radius 1 is 1.37 bits per heavy atom. The second-order valence-corrected chi connectivity index (χ2v) is 5.11.